The second kappa shape index (κ2) is 10.3. The Morgan fingerprint density at radius 2 is 1.32 bits per heavy atom. The molecule has 0 atom stereocenters. The van der Waals surface area contributed by atoms with Crippen LogP contribution in [0, 0.1) is 0 Å². The van der Waals surface area contributed by atoms with Crippen LogP contribution in [0.25, 0.3) is 0 Å². The predicted octanol–water partition coefficient (Wildman–Crippen LogP) is 3.73. The fourth-order valence-corrected chi connectivity index (χ4v) is 1.64. The minimum Gasteiger partial charge on any atom is -0.380 e. The molecule has 0 aliphatic rings. The first-order chi connectivity index (χ1) is 10.7. The molecule has 5 nitrogen and oxygen atoms in total. The Bertz CT molecular complexity index is 397. The Balaban J connectivity index is 2.86. The first-order valence-electron chi connectivity index (χ1n) is 7.87. The zero-order valence-electron chi connectivity index (χ0n) is 13.7. The molecule has 124 valence electrons. The van der Waals surface area contributed by atoms with Gasteiger partial charge in [-0.25, -0.2) is 4.79 Å². The summed E-state index contributed by atoms with van der Waals surface area (Å²) < 4.78 is 22.2. The van der Waals surface area contributed by atoms with E-state index in [1.165, 1.54) is 0 Å². The molecule has 0 radical (unpaired) electrons. The van der Waals surface area contributed by atoms with Crippen LogP contribution in [0.2, 0.25) is 0 Å². The first-order valence-corrected chi connectivity index (χ1v) is 7.87. The molecule has 0 aliphatic heterocycles. The van der Waals surface area contributed by atoms with E-state index in [-0.39, 0.29) is 0 Å². The average molecular weight is 310 g/mol. The van der Waals surface area contributed by atoms with E-state index in [1.54, 1.807) is 24.3 Å². The summed E-state index contributed by atoms with van der Waals surface area (Å²) in [6, 6.07) is 8.72. The smallest absolute Gasteiger partial charge is 0.380 e. The molecule has 0 aliphatic carbocycles. The lowest BCUT2D eigenvalue weighted by Crippen LogP contribution is -2.44. The number of benzene rings is 1. The molecule has 22 heavy (non-hydrogen) atoms. The van der Waals surface area contributed by atoms with Crippen LogP contribution in [-0.2, 0) is 18.9 Å². The van der Waals surface area contributed by atoms with Crippen LogP contribution < -0.4 is 0 Å². The minimum atomic E-state index is -1.77. The topological polar surface area (TPSA) is 54.0 Å². The van der Waals surface area contributed by atoms with Crippen molar-refractivity contribution in [1.82, 2.24) is 0 Å². The second-order valence-corrected chi connectivity index (χ2v) is 4.80. The van der Waals surface area contributed by atoms with E-state index in [1.807, 2.05) is 26.8 Å². The van der Waals surface area contributed by atoms with Gasteiger partial charge in [-0.2, -0.15) is 0 Å². The maximum Gasteiger partial charge on any atom is 0.463 e. The molecule has 0 unspecified atom stereocenters. The van der Waals surface area contributed by atoms with Gasteiger partial charge in [0, 0.05) is 0 Å². The molecule has 0 heterocycles. The Kier molecular flexibility index (Phi) is 8.74. The standard InChI is InChI=1S/C17H26O5/c1-4-12-19-17(20-13-5-2,21-14-6-3)22-16(18)15-10-8-7-9-11-15/h7-11H,4-6,12-14H2,1-3H3. The molecule has 0 amide bonds. The molecular formula is C17H26O5. The summed E-state index contributed by atoms with van der Waals surface area (Å²) >= 11 is 0. The summed E-state index contributed by atoms with van der Waals surface area (Å²) in [5, 5.41) is 0. The summed E-state index contributed by atoms with van der Waals surface area (Å²) in [6.07, 6.45) is 0.510. The highest BCUT2D eigenvalue weighted by molar-refractivity contribution is 5.89. The maximum atomic E-state index is 12.3. The molecule has 1 aromatic rings. The number of esters is 1. The second-order valence-electron chi connectivity index (χ2n) is 4.80. The van der Waals surface area contributed by atoms with Crippen molar-refractivity contribution in [3.8, 4) is 0 Å². The van der Waals surface area contributed by atoms with E-state index < -0.39 is 12.1 Å². The van der Waals surface area contributed by atoms with E-state index in [0.717, 1.165) is 19.3 Å². The number of hydrogen-bond donors (Lipinski definition) is 0. The van der Waals surface area contributed by atoms with Gasteiger partial charge in [-0.05, 0) is 31.4 Å². The fraction of sp³-hybridized carbons (Fsp3) is 0.588. The van der Waals surface area contributed by atoms with Crippen LogP contribution in [0.5, 0.6) is 0 Å². The van der Waals surface area contributed by atoms with Crippen molar-refractivity contribution in [3.63, 3.8) is 0 Å². The Morgan fingerprint density at radius 1 is 0.864 bits per heavy atom. The van der Waals surface area contributed by atoms with Crippen molar-refractivity contribution in [1.29, 1.82) is 0 Å². The van der Waals surface area contributed by atoms with Gasteiger partial charge in [0.15, 0.2) is 0 Å². The molecule has 0 saturated carbocycles. The van der Waals surface area contributed by atoms with Crippen LogP contribution in [0.3, 0.4) is 0 Å². The van der Waals surface area contributed by atoms with Gasteiger partial charge >= 0.3 is 12.1 Å². The summed E-state index contributed by atoms with van der Waals surface area (Å²) in [5.74, 6) is -0.538. The summed E-state index contributed by atoms with van der Waals surface area (Å²) in [5.41, 5.74) is 0.423. The van der Waals surface area contributed by atoms with Crippen molar-refractivity contribution >= 4 is 5.97 Å². The van der Waals surface area contributed by atoms with Gasteiger partial charge < -0.3 is 4.74 Å². The van der Waals surface area contributed by atoms with Gasteiger partial charge in [0.2, 0.25) is 0 Å². The van der Waals surface area contributed by atoms with Crippen LogP contribution >= 0.6 is 0 Å². The van der Waals surface area contributed by atoms with Crippen molar-refractivity contribution in [2.45, 2.75) is 46.2 Å². The largest absolute Gasteiger partial charge is 0.463 e. The van der Waals surface area contributed by atoms with Gasteiger partial charge in [-0.1, -0.05) is 39.0 Å². The lowest BCUT2D eigenvalue weighted by molar-refractivity contribution is -0.479. The van der Waals surface area contributed by atoms with Crippen molar-refractivity contribution in [2.24, 2.45) is 0 Å². The molecule has 0 saturated heterocycles. The molecular weight excluding hydrogens is 284 g/mol. The third-order valence-electron chi connectivity index (χ3n) is 2.68. The number of ether oxygens (including phenoxy) is 4. The Hall–Kier alpha value is -1.43. The SMILES string of the molecule is CCCOC(OCCC)(OCCC)OC(=O)c1ccccc1. The number of hydrogen-bond acceptors (Lipinski definition) is 5. The van der Waals surface area contributed by atoms with Gasteiger partial charge in [0.05, 0.1) is 25.4 Å². The third-order valence-corrected chi connectivity index (χ3v) is 2.68. The van der Waals surface area contributed by atoms with Crippen LogP contribution in [0.4, 0.5) is 0 Å². The zero-order valence-corrected chi connectivity index (χ0v) is 13.7. The lowest BCUT2D eigenvalue weighted by Gasteiger charge is -2.31. The number of carbonyl (C=O) groups is 1. The highest BCUT2D eigenvalue weighted by Crippen LogP contribution is 2.21. The lowest BCUT2D eigenvalue weighted by atomic mass is 10.2. The highest BCUT2D eigenvalue weighted by Gasteiger charge is 2.39. The number of carbonyl (C=O) groups excluding carboxylic acids is 1. The van der Waals surface area contributed by atoms with Gasteiger partial charge in [0.25, 0.3) is 0 Å². The molecule has 5 heteroatoms. The molecule has 0 bridgehead atoms. The molecule has 0 fully saturated rings. The maximum absolute atomic E-state index is 12.3. The van der Waals surface area contributed by atoms with Crippen LogP contribution in [0.15, 0.2) is 30.3 Å². The normalized spacial score (nSPS) is 11.4. The Labute approximate surface area is 132 Å². The molecule has 0 aromatic heterocycles. The fourth-order valence-electron chi connectivity index (χ4n) is 1.64. The van der Waals surface area contributed by atoms with Crippen molar-refractivity contribution in [2.75, 3.05) is 19.8 Å². The number of rotatable bonds is 11. The summed E-state index contributed by atoms with van der Waals surface area (Å²) in [6.45, 7) is 7.00. The molecule has 0 N–H and O–H groups in total. The minimum absolute atomic E-state index is 0.371. The van der Waals surface area contributed by atoms with E-state index in [2.05, 4.69) is 0 Å². The molecule has 1 rings (SSSR count). The monoisotopic (exact) mass is 310 g/mol. The van der Waals surface area contributed by atoms with Crippen molar-refractivity contribution in [3.05, 3.63) is 35.9 Å². The predicted molar refractivity (Wildman–Crippen MR) is 83.3 cm³/mol. The van der Waals surface area contributed by atoms with E-state index in [0.29, 0.717) is 25.4 Å². The van der Waals surface area contributed by atoms with Crippen LogP contribution in [0.1, 0.15) is 50.4 Å². The van der Waals surface area contributed by atoms with Gasteiger partial charge in [-0.3, -0.25) is 14.2 Å². The molecule has 1 aromatic carbocycles. The van der Waals surface area contributed by atoms with Gasteiger partial charge in [0.1, 0.15) is 0 Å². The molecule has 0 spiro atoms. The van der Waals surface area contributed by atoms with E-state index in [4.69, 9.17) is 18.9 Å². The summed E-state index contributed by atoms with van der Waals surface area (Å²) in [4.78, 5) is 12.3. The van der Waals surface area contributed by atoms with Gasteiger partial charge in [-0.15, -0.1) is 0 Å². The van der Waals surface area contributed by atoms with E-state index in [9.17, 15) is 4.79 Å². The first kappa shape index (κ1) is 18.6. The average Bonchev–Trinajstić information content (AvgIpc) is 2.56. The quantitative estimate of drug-likeness (QED) is 0.460. The Morgan fingerprint density at radius 3 is 1.73 bits per heavy atom. The third kappa shape index (κ3) is 6.13. The van der Waals surface area contributed by atoms with Crippen molar-refractivity contribution < 1.29 is 23.7 Å². The van der Waals surface area contributed by atoms with Crippen LogP contribution in [-0.4, -0.2) is 31.9 Å². The summed E-state index contributed by atoms with van der Waals surface area (Å²) in [7, 11) is 0. The van der Waals surface area contributed by atoms with E-state index >= 15 is 0 Å². The zero-order chi connectivity index (χ0) is 16.3. The highest BCUT2D eigenvalue weighted by atomic mass is 17.0.